The van der Waals surface area contributed by atoms with Gasteiger partial charge in [-0.05, 0) is 44.5 Å². The van der Waals surface area contributed by atoms with Crippen molar-refractivity contribution in [2.45, 2.75) is 33.5 Å². The molecule has 0 aliphatic carbocycles. The van der Waals surface area contributed by atoms with Gasteiger partial charge in [-0.15, -0.1) is 0 Å². The highest BCUT2D eigenvalue weighted by Crippen LogP contribution is 2.28. The van der Waals surface area contributed by atoms with Gasteiger partial charge < -0.3 is 23.9 Å². The largest absolute Gasteiger partial charge is 0.495 e. The number of aryl methyl sites for hydroxylation is 1. The number of para-hydroxylation sites is 1. The van der Waals surface area contributed by atoms with Crippen LogP contribution in [0.4, 0.5) is 5.69 Å². The molecule has 0 saturated heterocycles. The van der Waals surface area contributed by atoms with Crippen LogP contribution in [0.1, 0.15) is 35.5 Å². The Morgan fingerprint density at radius 3 is 2.67 bits per heavy atom. The zero-order valence-electron chi connectivity index (χ0n) is 17.5. The fourth-order valence-corrected chi connectivity index (χ4v) is 3.03. The highest BCUT2D eigenvalue weighted by Gasteiger charge is 2.26. The number of benzene rings is 2. The quantitative estimate of drug-likeness (QED) is 0.550. The van der Waals surface area contributed by atoms with Crippen LogP contribution in [0.5, 0.6) is 5.75 Å². The van der Waals surface area contributed by atoms with Gasteiger partial charge in [0.25, 0.3) is 5.91 Å². The smallest absolute Gasteiger partial charge is 0.375 e. The lowest BCUT2D eigenvalue weighted by atomic mass is 10.1. The molecule has 7 nitrogen and oxygen atoms in total. The molecule has 3 rings (SSSR count). The first kappa shape index (κ1) is 21.4. The van der Waals surface area contributed by atoms with Crippen molar-refractivity contribution >= 4 is 28.5 Å². The van der Waals surface area contributed by atoms with Crippen LogP contribution < -0.4 is 10.1 Å². The summed E-state index contributed by atoms with van der Waals surface area (Å²) in [6.45, 7) is 5.97. The molecule has 0 radical (unpaired) electrons. The Morgan fingerprint density at radius 1 is 1.17 bits per heavy atom. The fraction of sp³-hybridized carbons (Fsp3) is 0.304. The highest BCUT2D eigenvalue weighted by atomic mass is 16.6. The molecule has 1 aromatic heterocycles. The van der Waals surface area contributed by atoms with E-state index in [9.17, 15) is 9.59 Å². The van der Waals surface area contributed by atoms with E-state index in [1.165, 1.54) is 14.0 Å². The standard InChI is InChI=1S/C23H25NO6/c1-5-28-13-17-16-8-6-7-9-19(16)30-21(17)23(26)29-15(3)22(25)24-18-12-14(2)10-11-20(18)27-4/h6-12,15H,5,13H2,1-4H3,(H,24,25)/t15-/m1/s1. The predicted molar refractivity (Wildman–Crippen MR) is 113 cm³/mol. The molecule has 1 atom stereocenters. The minimum absolute atomic E-state index is 0.0393. The molecule has 1 amide bonds. The molecule has 3 aromatic rings. The number of amides is 1. The molecule has 1 heterocycles. The number of carbonyl (C=O) groups is 2. The van der Waals surface area contributed by atoms with Crippen molar-refractivity contribution in [1.82, 2.24) is 0 Å². The van der Waals surface area contributed by atoms with Crippen molar-refractivity contribution in [2.24, 2.45) is 0 Å². The molecule has 2 aromatic carbocycles. The Balaban J connectivity index is 1.77. The number of ether oxygens (including phenoxy) is 3. The molecule has 0 bridgehead atoms. The number of hydrogen-bond acceptors (Lipinski definition) is 6. The summed E-state index contributed by atoms with van der Waals surface area (Å²) >= 11 is 0. The average molecular weight is 411 g/mol. The number of carbonyl (C=O) groups excluding carboxylic acids is 2. The van der Waals surface area contributed by atoms with Gasteiger partial charge in [0.1, 0.15) is 11.3 Å². The van der Waals surface area contributed by atoms with Gasteiger partial charge in [-0.2, -0.15) is 0 Å². The maximum absolute atomic E-state index is 12.8. The second-order valence-corrected chi connectivity index (χ2v) is 6.78. The van der Waals surface area contributed by atoms with E-state index in [1.54, 1.807) is 18.2 Å². The molecule has 158 valence electrons. The zero-order valence-corrected chi connectivity index (χ0v) is 17.5. The minimum Gasteiger partial charge on any atom is -0.495 e. The topological polar surface area (TPSA) is 87.0 Å². The van der Waals surface area contributed by atoms with Crippen molar-refractivity contribution in [1.29, 1.82) is 0 Å². The summed E-state index contributed by atoms with van der Waals surface area (Å²) in [6, 6.07) is 12.7. The van der Waals surface area contributed by atoms with E-state index in [4.69, 9.17) is 18.6 Å². The van der Waals surface area contributed by atoms with Crippen LogP contribution in [0.3, 0.4) is 0 Å². The zero-order chi connectivity index (χ0) is 21.7. The van der Waals surface area contributed by atoms with E-state index in [0.29, 0.717) is 29.2 Å². The van der Waals surface area contributed by atoms with Crippen LogP contribution in [0, 0.1) is 6.92 Å². The van der Waals surface area contributed by atoms with E-state index < -0.39 is 18.0 Å². The Hall–Kier alpha value is -3.32. The van der Waals surface area contributed by atoms with Crippen LogP contribution in [-0.2, 0) is 20.9 Å². The summed E-state index contributed by atoms with van der Waals surface area (Å²) in [7, 11) is 1.52. The SMILES string of the molecule is CCOCc1c(C(=O)O[C@H](C)C(=O)Nc2cc(C)ccc2OC)oc2ccccc12. The Morgan fingerprint density at radius 2 is 1.93 bits per heavy atom. The molecule has 7 heteroatoms. The number of anilines is 1. The third-order valence-corrected chi connectivity index (χ3v) is 4.60. The molecule has 0 saturated carbocycles. The number of hydrogen-bond donors (Lipinski definition) is 1. The van der Waals surface area contributed by atoms with Crippen molar-refractivity contribution < 1.29 is 28.2 Å². The molecular weight excluding hydrogens is 386 g/mol. The number of rotatable bonds is 8. The number of esters is 1. The molecule has 0 fully saturated rings. The fourth-order valence-electron chi connectivity index (χ4n) is 3.03. The highest BCUT2D eigenvalue weighted by molar-refractivity contribution is 6.00. The van der Waals surface area contributed by atoms with Crippen molar-refractivity contribution in [3.8, 4) is 5.75 Å². The summed E-state index contributed by atoms with van der Waals surface area (Å²) in [5.74, 6) is -0.643. The van der Waals surface area contributed by atoms with Gasteiger partial charge in [0.15, 0.2) is 6.10 Å². The minimum atomic E-state index is -1.05. The second kappa shape index (κ2) is 9.45. The first-order chi connectivity index (χ1) is 14.4. The maximum Gasteiger partial charge on any atom is 0.375 e. The summed E-state index contributed by atoms with van der Waals surface area (Å²) in [6.07, 6.45) is -1.05. The third kappa shape index (κ3) is 4.63. The van der Waals surface area contributed by atoms with Gasteiger partial charge in [-0.3, -0.25) is 4.79 Å². The third-order valence-electron chi connectivity index (χ3n) is 4.60. The van der Waals surface area contributed by atoms with Crippen LogP contribution in [0.15, 0.2) is 46.9 Å². The van der Waals surface area contributed by atoms with Crippen LogP contribution in [-0.4, -0.2) is 31.7 Å². The monoisotopic (exact) mass is 411 g/mol. The van der Waals surface area contributed by atoms with Crippen molar-refractivity contribution in [3.63, 3.8) is 0 Å². The number of nitrogens with one attached hydrogen (secondary N) is 1. The van der Waals surface area contributed by atoms with Gasteiger partial charge in [0.05, 0.1) is 19.4 Å². The lowest BCUT2D eigenvalue weighted by molar-refractivity contribution is -0.123. The summed E-state index contributed by atoms with van der Waals surface area (Å²) in [5.41, 5.74) is 2.62. The van der Waals surface area contributed by atoms with E-state index >= 15 is 0 Å². The number of fused-ring (bicyclic) bond motifs is 1. The summed E-state index contributed by atoms with van der Waals surface area (Å²) < 4.78 is 21.8. The van der Waals surface area contributed by atoms with Gasteiger partial charge >= 0.3 is 5.97 Å². The van der Waals surface area contributed by atoms with Crippen LogP contribution in [0.2, 0.25) is 0 Å². The Kier molecular flexibility index (Phi) is 6.74. The molecule has 0 aliphatic heterocycles. The first-order valence-corrected chi connectivity index (χ1v) is 9.69. The molecule has 30 heavy (non-hydrogen) atoms. The van der Waals surface area contributed by atoms with Crippen molar-refractivity contribution in [2.75, 3.05) is 19.0 Å². The molecular formula is C23H25NO6. The predicted octanol–water partition coefficient (Wildman–Crippen LogP) is 4.47. The Labute approximate surface area is 174 Å². The van der Waals surface area contributed by atoms with Crippen molar-refractivity contribution in [3.05, 3.63) is 59.4 Å². The molecule has 0 aliphatic rings. The lowest BCUT2D eigenvalue weighted by Crippen LogP contribution is -2.30. The first-order valence-electron chi connectivity index (χ1n) is 9.69. The number of methoxy groups -OCH3 is 1. The second-order valence-electron chi connectivity index (χ2n) is 6.78. The molecule has 1 N–H and O–H groups in total. The van der Waals surface area contributed by atoms with Gasteiger partial charge in [-0.25, -0.2) is 4.79 Å². The van der Waals surface area contributed by atoms with E-state index in [1.807, 2.05) is 38.1 Å². The molecule has 0 unspecified atom stereocenters. The van der Waals surface area contributed by atoms with E-state index in [-0.39, 0.29) is 12.4 Å². The number of furan rings is 1. The molecule has 0 spiro atoms. The normalized spacial score (nSPS) is 11.9. The van der Waals surface area contributed by atoms with E-state index in [0.717, 1.165) is 10.9 Å². The summed E-state index contributed by atoms with van der Waals surface area (Å²) in [5, 5.41) is 3.52. The van der Waals surface area contributed by atoms with Gasteiger partial charge in [0, 0.05) is 17.6 Å². The van der Waals surface area contributed by atoms with Gasteiger partial charge in [0.2, 0.25) is 5.76 Å². The van der Waals surface area contributed by atoms with Crippen LogP contribution in [0.25, 0.3) is 11.0 Å². The van der Waals surface area contributed by atoms with Crippen LogP contribution >= 0.6 is 0 Å². The lowest BCUT2D eigenvalue weighted by Gasteiger charge is -2.15. The average Bonchev–Trinajstić information content (AvgIpc) is 3.11. The summed E-state index contributed by atoms with van der Waals surface area (Å²) in [4.78, 5) is 25.4. The maximum atomic E-state index is 12.8. The van der Waals surface area contributed by atoms with Gasteiger partial charge in [-0.1, -0.05) is 24.3 Å². The van der Waals surface area contributed by atoms with E-state index in [2.05, 4.69) is 5.32 Å². The Bertz CT molecular complexity index is 1060.